The Morgan fingerprint density at radius 1 is 0.800 bits per heavy atom. The molecule has 35 heavy (non-hydrogen) atoms. The SMILES string of the molecule is CC(C)(C)c1cc(SCCOCCN(c2ccccc2)c2ccc(N)cc2)cc(C(C)(C)C)c1O. The number of thioether (sulfide) groups is 1. The molecule has 3 rings (SSSR count). The van der Waals surface area contributed by atoms with Gasteiger partial charge in [-0.2, -0.15) is 0 Å². The van der Waals surface area contributed by atoms with Crippen molar-refractivity contribution in [3.63, 3.8) is 0 Å². The van der Waals surface area contributed by atoms with Crippen LogP contribution >= 0.6 is 11.8 Å². The fourth-order valence-electron chi connectivity index (χ4n) is 3.98. The number of phenols is 1. The van der Waals surface area contributed by atoms with Crippen LogP contribution < -0.4 is 10.6 Å². The predicted octanol–water partition coefficient (Wildman–Crippen LogP) is 7.52. The fraction of sp³-hybridized carbons (Fsp3) is 0.400. The molecule has 0 radical (unpaired) electrons. The molecule has 3 aromatic rings. The zero-order valence-electron chi connectivity index (χ0n) is 22.0. The van der Waals surface area contributed by atoms with Gasteiger partial charge in [0.2, 0.25) is 0 Å². The number of hydrogen-bond donors (Lipinski definition) is 2. The highest BCUT2D eigenvalue weighted by molar-refractivity contribution is 7.99. The second-order valence-corrected chi connectivity index (χ2v) is 12.1. The van der Waals surface area contributed by atoms with Gasteiger partial charge in [-0.3, -0.25) is 0 Å². The highest BCUT2D eigenvalue weighted by Crippen LogP contribution is 2.41. The molecule has 4 nitrogen and oxygen atoms in total. The van der Waals surface area contributed by atoms with E-state index in [0.29, 0.717) is 19.0 Å². The zero-order chi connectivity index (χ0) is 25.6. The summed E-state index contributed by atoms with van der Waals surface area (Å²) in [5.74, 6) is 1.28. The summed E-state index contributed by atoms with van der Waals surface area (Å²) >= 11 is 1.78. The van der Waals surface area contributed by atoms with Crippen molar-refractivity contribution in [1.82, 2.24) is 0 Å². The van der Waals surface area contributed by atoms with E-state index in [1.807, 2.05) is 42.5 Å². The maximum atomic E-state index is 10.9. The molecular formula is C30H40N2O2S. The molecule has 0 amide bonds. The van der Waals surface area contributed by atoms with Gasteiger partial charge in [-0.05, 0) is 59.4 Å². The second kappa shape index (κ2) is 11.4. The minimum Gasteiger partial charge on any atom is -0.507 e. The molecule has 5 heteroatoms. The highest BCUT2D eigenvalue weighted by Gasteiger charge is 2.26. The third kappa shape index (κ3) is 7.42. The minimum atomic E-state index is -0.125. The lowest BCUT2D eigenvalue weighted by Crippen LogP contribution is -2.22. The number of hydrogen-bond acceptors (Lipinski definition) is 5. The van der Waals surface area contributed by atoms with Crippen LogP contribution in [0, 0.1) is 0 Å². The average Bonchev–Trinajstić information content (AvgIpc) is 2.79. The molecule has 0 aliphatic rings. The second-order valence-electron chi connectivity index (χ2n) is 10.9. The van der Waals surface area contributed by atoms with Gasteiger partial charge >= 0.3 is 0 Å². The third-order valence-corrected chi connectivity index (χ3v) is 6.87. The van der Waals surface area contributed by atoms with E-state index in [-0.39, 0.29) is 10.8 Å². The van der Waals surface area contributed by atoms with Gasteiger partial charge in [-0.15, -0.1) is 11.8 Å². The average molecular weight is 493 g/mol. The summed E-state index contributed by atoms with van der Waals surface area (Å²) in [5, 5.41) is 10.9. The highest BCUT2D eigenvalue weighted by atomic mass is 32.2. The summed E-state index contributed by atoms with van der Waals surface area (Å²) in [6, 6.07) is 22.5. The van der Waals surface area contributed by atoms with Gasteiger partial charge < -0.3 is 20.5 Å². The van der Waals surface area contributed by atoms with Gasteiger partial charge in [0, 0.05) is 45.4 Å². The number of phenolic OH excluding ortho intramolecular Hbond substituents is 1. The molecule has 3 N–H and O–H groups in total. The Morgan fingerprint density at radius 2 is 1.34 bits per heavy atom. The number of anilines is 3. The van der Waals surface area contributed by atoms with Gasteiger partial charge in [0.05, 0.1) is 13.2 Å². The molecule has 0 aliphatic heterocycles. The predicted molar refractivity (Wildman–Crippen MR) is 151 cm³/mol. The van der Waals surface area contributed by atoms with Gasteiger partial charge in [-0.25, -0.2) is 0 Å². The Hall–Kier alpha value is -2.63. The van der Waals surface area contributed by atoms with Crippen LogP contribution in [-0.4, -0.2) is 30.6 Å². The zero-order valence-corrected chi connectivity index (χ0v) is 22.8. The van der Waals surface area contributed by atoms with Gasteiger partial charge in [0.1, 0.15) is 5.75 Å². The number of aromatic hydroxyl groups is 1. The molecule has 0 aromatic heterocycles. The summed E-state index contributed by atoms with van der Waals surface area (Å²) < 4.78 is 6.03. The van der Waals surface area contributed by atoms with Crippen molar-refractivity contribution in [3.8, 4) is 5.75 Å². The first-order valence-corrected chi connectivity index (χ1v) is 13.2. The van der Waals surface area contributed by atoms with Crippen molar-refractivity contribution < 1.29 is 9.84 Å². The summed E-state index contributed by atoms with van der Waals surface area (Å²) in [5.41, 5.74) is 10.6. The van der Waals surface area contributed by atoms with Crippen molar-refractivity contribution in [2.24, 2.45) is 0 Å². The third-order valence-electron chi connectivity index (χ3n) is 5.93. The van der Waals surface area contributed by atoms with Crippen LogP contribution in [0.5, 0.6) is 5.75 Å². The molecule has 3 aromatic carbocycles. The quantitative estimate of drug-likeness (QED) is 0.184. The number of nitrogens with zero attached hydrogens (tertiary/aromatic N) is 1. The number of ether oxygens (including phenoxy) is 1. The Morgan fingerprint density at radius 3 is 1.89 bits per heavy atom. The van der Waals surface area contributed by atoms with Crippen LogP contribution in [0.2, 0.25) is 0 Å². The summed E-state index contributed by atoms with van der Waals surface area (Å²) in [4.78, 5) is 3.42. The summed E-state index contributed by atoms with van der Waals surface area (Å²) in [6.45, 7) is 14.9. The van der Waals surface area contributed by atoms with E-state index in [0.717, 1.165) is 40.5 Å². The first kappa shape index (κ1) is 27.0. The lowest BCUT2D eigenvalue weighted by Gasteiger charge is -2.28. The Bertz CT molecular complexity index is 1050. The van der Waals surface area contributed by atoms with Crippen molar-refractivity contribution in [2.45, 2.75) is 57.3 Å². The van der Waals surface area contributed by atoms with E-state index >= 15 is 0 Å². The first-order valence-electron chi connectivity index (χ1n) is 12.2. The van der Waals surface area contributed by atoms with Crippen LogP contribution in [0.3, 0.4) is 0 Å². The van der Waals surface area contributed by atoms with Crippen molar-refractivity contribution >= 4 is 28.8 Å². The van der Waals surface area contributed by atoms with Crippen molar-refractivity contribution in [2.75, 3.05) is 36.1 Å². The first-order chi connectivity index (χ1) is 16.5. The normalized spacial score (nSPS) is 12.1. The van der Waals surface area contributed by atoms with E-state index in [9.17, 15) is 5.11 Å². The molecule has 0 aliphatic carbocycles. The number of rotatable bonds is 9. The molecule has 0 saturated heterocycles. The van der Waals surface area contributed by atoms with Crippen LogP contribution in [0.15, 0.2) is 71.6 Å². The number of nitrogens with two attached hydrogens (primary N) is 1. The van der Waals surface area contributed by atoms with Crippen LogP contribution in [-0.2, 0) is 15.6 Å². The molecule has 0 saturated carbocycles. The fourth-order valence-corrected chi connectivity index (χ4v) is 4.82. The Balaban J connectivity index is 1.60. The molecule has 0 fully saturated rings. The maximum Gasteiger partial charge on any atom is 0.123 e. The lowest BCUT2D eigenvalue weighted by atomic mass is 9.79. The van der Waals surface area contributed by atoms with Gasteiger partial charge in [-0.1, -0.05) is 59.7 Å². The topological polar surface area (TPSA) is 58.7 Å². The Kier molecular flexibility index (Phi) is 8.79. The standard InChI is InChI=1S/C30H40N2O2S/c1-29(2,3)26-20-25(21-27(28(26)33)30(4,5)6)35-19-18-34-17-16-32(23-10-8-7-9-11-23)24-14-12-22(31)13-15-24/h7-15,20-21,33H,16-19,31H2,1-6H3. The minimum absolute atomic E-state index is 0.125. The van der Waals surface area contributed by atoms with Crippen LogP contribution in [0.4, 0.5) is 17.1 Å². The number of benzene rings is 3. The molecule has 188 valence electrons. The maximum absolute atomic E-state index is 10.9. The molecule has 0 atom stereocenters. The molecule has 0 spiro atoms. The van der Waals surface area contributed by atoms with Gasteiger partial charge in [0.15, 0.2) is 0 Å². The summed E-state index contributed by atoms with van der Waals surface area (Å²) in [7, 11) is 0. The van der Waals surface area contributed by atoms with E-state index in [2.05, 4.69) is 70.7 Å². The summed E-state index contributed by atoms with van der Waals surface area (Å²) in [6.07, 6.45) is 0. The lowest BCUT2D eigenvalue weighted by molar-refractivity contribution is 0.158. The van der Waals surface area contributed by atoms with E-state index < -0.39 is 0 Å². The van der Waals surface area contributed by atoms with Crippen molar-refractivity contribution in [3.05, 3.63) is 77.9 Å². The van der Waals surface area contributed by atoms with E-state index in [1.165, 1.54) is 4.90 Å². The van der Waals surface area contributed by atoms with E-state index in [1.54, 1.807) is 11.8 Å². The number of para-hydroxylation sites is 1. The molecule has 0 unspecified atom stereocenters. The van der Waals surface area contributed by atoms with Crippen molar-refractivity contribution in [1.29, 1.82) is 0 Å². The van der Waals surface area contributed by atoms with E-state index in [4.69, 9.17) is 10.5 Å². The molecular weight excluding hydrogens is 452 g/mol. The Labute approximate surface area is 215 Å². The monoisotopic (exact) mass is 492 g/mol. The number of nitrogen functional groups attached to an aromatic ring is 1. The smallest absolute Gasteiger partial charge is 0.123 e. The van der Waals surface area contributed by atoms with Crippen LogP contribution in [0.1, 0.15) is 52.7 Å². The molecule has 0 bridgehead atoms. The van der Waals surface area contributed by atoms with Gasteiger partial charge in [0.25, 0.3) is 0 Å². The van der Waals surface area contributed by atoms with Crippen LogP contribution in [0.25, 0.3) is 0 Å². The molecule has 0 heterocycles. The largest absolute Gasteiger partial charge is 0.507 e.